The fourth-order valence-corrected chi connectivity index (χ4v) is 4.89. The fourth-order valence-electron chi connectivity index (χ4n) is 4.89. The highest BCUT2D eigenvalue weighted by Crippen LogP contribution is 2.35. The van der Waals surface area contributed by atoms with Crippen LogP contribution < -0.4 is 9.88 Å². The molecule has 6 rings (SSSR count). The molecule has 10 nitrogen and oxygen atoms in total. The third-order valence-electron chi connectivity index (χ3n) is 7.18. The van der Waals surface area contributed by atoms with Gasteiger partial charge in [-0.3, -0.25) is 9.59 Å². The minimum absolute atomic E-state index is 0.108. The number of rotatable bonds is 6. The van der Waals surface area contributed by atoms with Gasteiger partial charge in [-0.05, 0) is 37.8 Å². The van der Waals surface area contributed by atoms with Crippen LogP contribution in [0, 0.1) is 30.1 Å². The van der Waals surface area contributed by atoms with E-state index >= 15 is 0 Å². The molecule has 0 spiro atoms. The first-order valence-corrected chi connectivity index (χ1v) is 12.4. The highest BCUT2D eigenvalue weighted by molar-refractivity contribution is 6.05. The lowest BCUT2D eigenvalue weighted by Gasteiger charge is -2.37. The van der Waals surface area contributed by atoms with Gasteiger partial charge in [0.15, 0.2) is 5.52 Å². The molecule has 1 aliphatic carbocycles. The van der Waals surface area contributed by atoms with Crippen LogP contribution in [0.3, 0.4) is 0 Å². The van der Waals surface area contributed by atoms with Crippen molar-refractivity contribution in [3.8, 4) is 23.1 Å². The summed E-state index contributed by atoms with van der Waals surface area (Å²) in [5.41, 5.74) is 3.93. The topological polar surface area (TPSA) is 124 Å². The largest absolute Gasteiger partial charge is 0.340 e. The molecular formula is C27H27N8O2+. The molecule has 10 heteroatoms. The molecule has 0 bridgehead atoms. The lowest BCUT2D eigenvalue weighted by molar-refractivity contribution is -0.646. The van der Waals surface area contributed by atoms with Gasteiger partial charge in [0.2, 0.25) is 5.91 Å². The number of likely N-dealkylation sites (tertiary alicyclic amines) is 1. The SMILES string of the molecule is Cc1nc(-c2c[n+](C)c3[nH]cc(C(=O)NC(C(=O)N4CC(C#N)C4)C4CC4)c3n2)cn1-c1ccccc1. The molecule has 1 aromatic carbocycles. The zero-order chi connectivity index (χ0) is 25.7. The number of hydrogen-bond donors (Lipinski definition) is 2. The number of nitrogens with zero attached hydrogens (tertiary/aromatic N) is 6. The van der Waals surface area contributed by atoms with Gasteiger partial charge in [-0.25, -0.2) is 19.5 Å². The molecule has 4 aromatic rings. The van der Waals surface area contributed by atoms with Gasteiger partial charge >= 0.3 is 5.65 Å². The van der Waals surface area contributed by atoms with E-state index in [2.05, 4.69) is 16.4 Å². The van der Waals surface area contributed by atoms with E-state index in [-0.39, 0.29) is 23.7 Å². The predicted molar refractivity (Wildman–Crippen MR) is 134 cm³/mol. The molecule has 1 saturated heterocycles. The standard InChI is InChI=1S/C27H26N8O2/c1-16-30-22(15-35(16)19-6-4-3-5-7-19)21-14-33(2)25-24(31-21)20(11-29-25)26(36)32-23(18-8-9-18)27(37)34-12-17(10-28)13-34/h3-7,11,14-15,17-18,23H,8-9,12-13H2,1-2H3,(H,32,36)/p+1. The summed E-state index contributed by atoms with van der Waals surface area (Å²) in [5.74, 6) is 0.387. The highest BCUT2D eigenvalue weighted by Gasteiger charge is 2.43. The van der Waals surface area contributed by atoms with Crippen LogP contribution >= 0.6 is 0 Å². The Balaban J connectivity index is 1.29. The lowest BCUT2D eigenvalue weighted by atomic mass is 9.99. The molecule has 1 saturated carbocycles. The van der Waals surface area contributed by atoms with Gasteiger partial charge in [0, 0.05) is 25.0 Å². The molecule has 2 aliphatic rings. The van der Waals surface area contributed by atoms with Gasteiger partial charge in [-0.2, -0.15) is 5.26 Å². The Morgan fingerprint density at radius 2 is 1.95 bits per heavy atom. The van der Waals surface area contributed by atoms with Gasteiger partial charge in [0.1, 0.15) is 41.2 Å². The van der Waals surface area contributed by atoms with Gasteiger partial charge in [-0.15, -0.1) is 0 Å². The summed E-state index contributed by atoms with van der Waals surface area (Å²) in [6, 6.07) is 11.6. The molecule has 2 fully saturated rings. The van der Waals surface area contributed by atoms with Crippen molar-refractivity contribution in [2.45, 2.75) is 25.8 Å². The fraction of sp³-hybridized carbons (Fsp3) is 0.333. The monoisotopic (exact) mass is 495 g/mol. The zero-order valence-corrected chi connectivity index (χ0v) is 20.7. The number of aryl methyl sites for hydroxylation is 2. The lowest BCUT2D eigenvalue weighted by Crippen LogP contribution is -2.57. The quantitative estimate of drug-likeness (QED) is 0.396. The Morgan fingerprint density at radius 1 is 1.19 bits per heavy atom. The van der Waals surface area contributed by atoms with Gasteiger partial charge in [-0.1, -0.05) is 18.2 Å². The van der Waals surface area contributed by atoms with Crippen molar-refractivity contribution in [1.29, 1.82) is 5.26 Å². The number of amides is 2. The van der Waals surface area contributed by atoms with E-state index in [1.54, 1.807) is 11.1 Å². The summed E-state index contributed by atoms with van der Waals surface area (Å²) in [5, 5.41) is 12.0. The van der Waals surface area contributed by atoms with Crippen LogP contribution in [0.25, 0.3) is 28.2 Å². The van der Waals surface area contributed by atoms with Crippen molar-refractivity contribution >= 4 is 23.0 Å². The first-order valence-electron chi connectivity index (χ1n) is 12.4. The van der Waals surface area contributed by atoms with Gasteiger partial charge in [0.25, 0.3) is 5.91 Å². The van der Waals surface area contributed by atoms with E-state index < -0.39 is 6.04 Å². The van der Waals surface area contributed by atoms with E-state index in [0.717, 1.165) is 24.4 Å². The summed E-state index contributed by atoms with van der Waals surface area (Å²) in [6.07, 6.45) is 7.26. The number of nitriles is 1. The first-order chi connectivity index (χ1) is 17.9. The number of hydrogen-bond acceptors (Lipinski definition) is 5. The van der Waals surface area contributed by atoms with Crippen molar-refractivity contribution in [1.82, 2.24) is 29.7 Å². The average Bonchev–Trinajstić information content (AvgIpc) is 3.49. The van der Waals surface area contributed by atoms with Crippen molar-refractivity contribution in [3.63, 3.8) is 0 Å². The Hall–Kier alpha value is -4.52. The van der Waals surface area contributed by atoms with Crippen LogP contribution in [0.4, 0.5) is 0 Å². The minimum atomic E-state index is -0.585. The molecule has 186 valence electrons. The maximum atomic E-state index is 13.4. The number of benzene rings is 1. The molecule has 2 amide bonds. The van der Waals surface area contributed by atoms with E-state index in [4.69, 9.17) is 15.2 Å². The normalized spacial score (nSPS) is 16.3. The average molecular weight is 496 g/mol. The maximum Gasteiger partial charge on any atom is 0.306 e. The molecule has 1 aliphatic heterocycles. The third kappa shape index (κ3) is 4.12. The van der Waals surface area contributed by atoms with E-state index in [1.165, 1.54) is 0 Å². The summed E-state index contributed by atoms with van der Waals surface area (Å²) in [7, 11) is 1.89. The second-order valence-electron chi connectivity index (χ2n) is 9.87. The van der Waals surface area contributed by atoms with Crippen molar-refractivity contribution < 1.29 is 14.2 Å². The third-order valence-corrected chi connectivity index (χ3v) is 7.18. The molecule has 1 unspecified atom stereocenters. The van der Waals surface area contributed by atoms with Crippen LogP contribution in [0.2, 0.25) is 0 Å². The summed E-state index contributed by atoms with van der Waals surface area (Å²) in [4.78, 5) is 40.8. The van der Waals surface area contributed by atoms with E-state index in [9.17, 15) is 9.59 Å². The van der Waals surface area contributed by atoms with Crippen molar-refractivity contribution in [2.75, 3.05) is 13.1 Å². The van der Waals surface area contributed by atoms with Crippen LogP contribution in [-0.2, 0) is 11.8 Å². The molecule has 4 heterocycles. The molecule has 0 radical (unpaired) electrons. The number of imidazole rings is 1. The smallest absolute Gasteiger partial charge is 0.306 e. The number of aromatic amines is 1. The van der Waals surface area contributed by atoms with E-state index in [1.807, 2.05) is 65.8 Å². The Labute approximate surface area is 213 Å². The number of nitrogens with one attached hydrogen (secondary N) is 2. The van der Waals surface area contributed by atoms with Crippen LogP contribution in [0.5, 0.6) is 0 Å². The summed E-state index contributed by atoms with van der Waals surface area (Å²) in [6.45, 7) is 2.80. The van der Waals surface area contributed by atoms with Crippen LogP contribution in [0.1, 0.15) is 29.0 Å². The number of H-pyrrole nitrogens is 1. The van der Waals surface area contributed by atoms with Crippen molar-refractivity contribution in [2.24, 2.45) is 18.9 Å². The maximum absolute atomic E-state index is 13.4. The Morgan fingerprint density at radius 3 is 2.65 bits per heavy atom. The highest BCUT2D eigenvalue weighted by atomic mass is 16.2. The van der Waals surface area contributed by atoms with Crippen LogP contribution in [0.15, 0.2) is 48.9 Å². The molecular weight excluding hydrogens is 468 g/mol. The van der Waals surface area contributed by atoms with Gasteiger partial charge in [0.05, 0.1) is 19.0 Å². The first kappa shape index (κ1) is 22.9. The minimum Gasteiger partial charge on any atom is -0.340 e. The number of aromatic nitrogens is 5. The zero-order valence-electron chi connectivity index (χ0n) is 20.7. The summed E-state index contributed by atoms with van der Waals surface area (Å²) >= 11 is 0. The molecule has 2 N–H and O–H groups in total. The number of fused-ring (bicyclic) bond motifs is 1. The Bertz CT molecular complexity index is 1550. The predicted octanol–water partition coefficient (Wildman–Crippen LogP) is 2.04. The number of carbonyl (C=O) groups is 2. The number of para-hydroxylation sites is 1. The molecule has 1 atom stereocenters. The van der Waals surface area contributed by atoms with E-state index in [0.29, 0.717) is 41.2 Å². The Kier molecular flexibility index (Phi) is 5.48. The second kappa shape index (κ2) is 8.85. The number of carbonyl (C=O) groups excluding carboxylic acids is 2. The van der Waals surface area contributed by atoms with Crippen molar-refractivity contribution in [3.05, 3.63) is 60.3 Å². The van der Waals surface area contributed by atoms with Crippen LogP contribution in [-0.4, -0.2) is 55.4 Å². The van der Waals surface area contributed by atoms with Gasteiger partial charge < -0.3 is 14.8 Å². The second-order valence-corrected chi connectivity index (χ2v) is 9.87. The summed E-state index contributed by atoms with van der Waals surface area (Å²) < 4.78 is 3.89. The molecule has 37 heavy (non-hydrogen) atoms. The molecule has 3 aromatic heterocycles.